The van der Waals surface area contributed by atoms with Gasteiger partial charge in [0.2, 0.25) is 0 Å². The molecule has 1 unspecified atom stereocenters. The molecule has 15 heavy (non-hydrogen) atoms. The monoisotopic (exact) mass is 243 g/mol. The maximum Gasteiger partial charge on any atom is 0.114 e. The Morgan fingerprint density at radius 3 is 2.87 bits per heavy atom. The van der Waals surface area contributed by atoms with Gasteiger partial charge in [-0.3, -0.25) is 0 Å². The molecular weight excluding hydrogens is 230 g/mol. The number of likely N-dealkylation sites (N-methyl/N-ethyl adjacent to an activating group) is 1. The van der Waals surface area contributed by atoms with Gasteiger partial charge in [-0.1, -0.05) is 11.6 Å². The topological polar surface area (TPSA) is 21.3 Å². The second-order valence-corrected chi connectivity index (χ2v) is 4.85. The highest BCUT2D eigenvalue weighted by Crippen LogP contribution is 2.37. The molecule has 1 aliphatic heterocycles. The Labute approximate surface area is 98.9 Å². The fraction of sp³-hybridized carbons (Fsp3) is 0.455. The van der Waals surface area contributed by atoms with Crippen LogP contribution in [0, 0.1) is 6.92 Å². The van der Waals surface area contributed by atoms with Crippen LogP contribution in [0.1, 0.15) is 22.9 Å². The fourth-order valence-corrected chi connectivity index (χ4v) is 3.10. The van der Waals surface area contributed by atoms with E-state index >= 15 is 0 Å². The van der Waals surface area contributed by atoms with Crippen molar-refractivity contribution < 1.29 is 4.74 Å². The normalized spacial score (nSPS) is 17.4. The van der Waals surface area contributed by atoms with E-state index in [4.69, 9.17) is 16.3 Å². The summed E-state index contributed by atoms with van der Waals surface area (Å²) in [6.45, 7) is 2.81. The van der Waals surface area contributed by atoms with Crippen LogP contribution in [0.3, 0.4) is 0 Å². The number of halogens is 1. The zero-order valence-electron chi connectivity index (χ0n) is 8.84. The summed E-state index contributed by atoms with van der Waals surface area (Å²) in [5, 5.41) is 6.19. The van der Waals surface area contributed by atoms with E-state index in [2.05, 4.69) is 16.8 Å². The van der Waals surface area contributed by atoms with Gasteiger partial charge in [0.15, 0.2) is 0 Å². The molecule has 2 heterocycles. The predicted octanol–water partition coefficient (Wildman–Crippen LogP) is 3.27. The zero-order chi connectivity index (χ0) is 10.8. The molecule has 82 valence electrons. The van der Waals surface area contributed by atoms with Crippen molar-refractivity contribution in [1.29, 1.82) is 0 Å². The van der Waals surface area contributed by atoms with E-state index in [-0.39, 0.29) is 6.04 Å². The highest BCUT2D eigenvalue weighted by atomic mass is 35.5. The van der Waals surface area contributed by atoms with Crippen LogP contribution in [-0.4, -0.2) is 13.7 Å². The zero-order valence-corrected chi connectivity index (χ0v) is 10.4. The summed E-state index contributed by atoms with van der Waals surface area (Å²) in [5.41, 5.74) is 1.13. The van der Waals surface area contributed by atoms with E-state index in [1.807, 2.05) is 14.0 Å². The van der Waals surface area contributed by atoms with E-state index in [9.17, 15) is 0 Å². The van der Waals surface area contributed by atoms with Crippen LogP contribution in [-0.2, 0) is 4.74 Å². The lowest BCUT2D eigenvalue weighted by Crippen LogP contribution is -2.18. The number of rotatable bonds is 3. The molecule has 1 N–H and O–H groups in total. The molecule has 0 amide bonds. The Bertz CT molecular complexity index is 386. The molecule has 0 saturated carbocycles. The molecule has 0 fully saturated rings. The van der Waals surface area contributed by atoms with Crippen molar-refractivity contribution in [3.05, 3.63) is 32.7 Å². The van der Waals surface area contributed by atoms with E-state index in [0.717, 1.165) is 34.3 Å². The Balaban J connectivity index is 2.30. The molecule has 0 bridgehead atoms. The second-order valence-electron chi connectivity index (χ2n) is 3.56. The van der Waals surface area contributed by atoms with E-state index < -0.39 is 0 Å². The molecule has 2 rings (SSSR count). The Morgan fingerprint density at radius 2 is 2.40 bits per heavy atom. The summed E-state index contributed by atoms with van der Waals surface area (Å²) >= 11 is 7.93. The number of thiophene rings is 1. The third-order valence-electron chi connectivity index (χ3n) is 2.49. The average Bonchev–Trinajstić information content (AvgIpc) is 2.84. The van der Waals surface area contributed by atoms with Gasteiger partial charge in [-0.05, 0) is 31.0 Å². The summed E-state index contributed by atoms with van der Waals surface area (Å²) in [5.74, 6) is 1.00. The molecule has 1 aromatic heterocycles. The molecular formula is C11H14ClNOS. The lowest BCUT2D eigenvalue weighted by Gasteiger charge is -2.16. The molecule has 0 radical (unpaired) electrons. The number of hydrogen-bond acceptors (Lipinski definition) is 3. The van der Waals surface area contributed by atoms with Crippen LogP contribution >= 0.6 is 22.9 Å². The lowest BCUT2D eigenvalue weighted by atomic mass is 10.1. The van der Waals surface area contributed by atoms with Gasteiger partial charge < -0.3 is 10.1 Å². The van der Waals surface area contributed by atoms with Crippen molar-refractivity contribution in [1.82, 2.24) is 5.32 Å². The molecule has 1 aromatic rings. The van der Waals surface area contributed by atoms with Gasteiger partial charge in [0.1, 0.15) is 11.8 Å². The Kier molecular flexibility index (Phi) is 3.34. The smallest absolute Gasteiger partial charge is 0.114 e. The van der Waals surface area contributed by atoms with Crippen LogP contribution in [0.5, 0.6) is 0 Å². The maximum atomic E-state index is 6.25. The van der Waals surface area contributed by atoms with E-state index in [1.165, 1.54) is 0 Å². The number of hydrogen-bond donors (Lipinski definition) is 1. The molecule has 0 aliphatic carbocycles. The predicted molar refractivity (Wildman–Crippen MR) is 64.5 cm³/mol. The van der Waals surface area contributed by atoms with Gasteiger partial charge >= 0.3 is 0 Å². The third-order valence-corrected chi connectivity index (χ3v) is 4.27. The largest absolute Gasteiger partial charge is 0.496 e. The van der Waals surface area contributed by atoms with E-state index in [0.29, 0.717) is 0 Å². The quantitative estimate of drug-likeness (QED) is 0.880. The van der Waals surface area contributed by atoms with Crippen molar-refractivity contribution >= 4 is 22.9 Å². The second kappa shape index (κ2) is 4.56. The first-order valence-corrected chi connectivity index (χ1v) is 6.23. The van der Waals surface area contributed by atoms with Gasteiger partial charge in [-0.15, -0.1) is 11.3 Å². The fourth-order valence-electron chi connectivity index (χ4n) is 1.69. The van der Waals surface area contributed by atoms with E-state index in [1.54, 1.807) is 11.3 Å². The molecule has 0 spiro atoms. The molecule has 1 aliphatic rings. The third kappa shape index (κ3) is 2.05. The minimum atomic E-state index is 0.110. The van der Waals surface area contributed by atoms with Crippen molar-refractivity contribution in [3.63, 3.8) is 0 Å². The maximum absolute atomic E-state index is 6.25. The van der Waals surface area contributed by atoms with Crippen LogP contribution in [0.2, 0.25) is 5.02 Å². The number of ether oxygens (including phenoxy) is 1. The molecule has 4 heteroatoms. The first-order valence-electron chi connectivity index (χ1n) is 4.97. The highest BCUT2D eigenvalue weighted by molar-refractivity contribution is 7.10. The van der Waals surface area contributed by atoms with Gasteiger partial charge in [0.25, 0.3) is 0 Å². The highest BCUT2D eigenvalue weighted by Gasteiger charge is 2.23. The number of aryl methyl sites for hydroxylation is 1. The summed E-state index contributed by atoms with van der Waals surface area (Å²) < 4.78 is 5.57. The van der Waals surface area contributed by atoms with Crippen LogP contribution < -0.4 is 5.32 Å². The van der Waals surface area contributed by atoms with Crippen molar-refractivity contribution in [2.24, 2.45) is 0 Å². The first kappa shape index (κ1) is 11.0. The van der Waals surface area contributed by atoms with Crippen molar-refractivity contribution in [3.8, 4) is 0 Å². The molecule has 0 aromatic carbocycles. The summed E-state index contributed by atoms with van der Waals surface area (Å²) in [4.78, 5) is 1.14. The van der Waals surface area contributed by atoms with Gasteiger partial charge in [-0.25, -0.2) is 0 Å². The van der Waals surface area contributed by atoms with Crippen LogP contribution in [0.15, 0.2) is 17.2 Å². The summed E-state index contributed by atoms with van der Waals surface area (Å²) in [7, 11) is 1.93. The molecule has 2 nitrogen and oxygen atoms in total. The SMILES string of the molecule is CNC(C1=CCCO1)c1scc(C)c1Cl. The van der Waals surface area contributed by atoms with Crippen LogP contribution in [0.4, 0.5) is 0 Å². The average molecular weight is 244 g/mol. The molecule has 1 atom stereocenters. The molecule has 0 saturated heterocycles. The van der Waals surface area contributed by atoms with Gasteiger partial charge in [0.05, 0.1) is 11.6 Å². The number of nitrogens with one attached hydrogen (secondary N) is 1. The lowest BCUT2D eigenvalue weighted by molar-refractivity contribution is 0.219. The summed E-state index contributed by atoms with van der Waals surface area (Å²) in [6.07, 6.45) is 3.13. The Hall–Kier alpha value is -0.510. The van der Waals surface area contributed by atoms with Gasteiger partial charge in [-0.2, -0.15) is 0 Å². The van der Waals surface area contributed by atoms with Crippen LogP contribution in [0.25, 0.3) is 0 Å². The summed E-state index contributed by atoms with van der Waals surface area (Å²) in [6, 6.07) is 0.110. The standard InChI is InChI=1S/C11H14ClNOS/c1-7-6-15-11(9(7)12)10(13-2)8-4-3-5-14-8/h4,6,10,13H,3,5H2,1-2H3. The van der Waals surface area contributed by atoms with Gasteiger partial charge in [0, 0.05) is 11.3 Å². The Morgan fingerprint density at radius 1 is 1.60 bits per heavy atom. The van der Waals surface area contributed by atoms with Crippen molar-refractivity contribution in [2.45, 2.75) is 19.4 Å². The minimum Gasteiger partial charge on any atom is -0.496 e. The minimum absolute atomic E-state index is 0.110. The first-order chi connectivity index (χ1) is 7.24. The van der Waals surface area contributed by atoms with Crippen molar-refractivity contribution in [2.75, 3.05) is 13.7 Å².